The molecule has 28 heavy (non-hydrogen) atoms. The Morgan fingerprint density at radius 1 is 1.25 bits per heavy atom. The number of piperidine rings is 1. The first-order chi connectivity index (χ1) is 13.4. The van der Waals surface area contributed by atoms with Crippen LogP contribution in [0, 0.1) is 0 Å². The Labute approximate surface area is 166 Å². The number of amides is 1. The van der Waals surface area contributed by atoms with Crippen molar-refractivity contribution in [3.63, 3.8) is 0 Å². The van der Waals surface area contributed by atoms with Gasteiger partial charge in [0.2, 0.25) is 11.8 Å². The number of nitrogens with one attached hydrogen (secondary N) is 1. The Morgan fingerprint density at radius 3 is 2.61 bits per heavy atom. The fourth-order valence-electron chi connectivity index (χ4n) is 3.49. The summed E-state index contributed by atoms with van der Waals surface area (Å²) >= 11 is 0. The first-order valence-electron chi connectivity index (χ1n) is 10.0. The molecule has 7 nitrogen and oxygen atoms in total. The van der Waals surface area contributed by atoms with Crippen molar-refractivity contribution in [1.82, 2.24) is 20.4 Å². The molecule has 2 aromatic rings. The van der Waals surface area contributed by atoms with Crippen molar-refractivity contribution in [2.45, 2.75) is 64.6 Å². The van der Waals surface area contributed by atoms with E-state index in [1.54, 1.807) is 4.90 Å². The smallest absolute Gasteiger partial charge is 0.256 e. The van der Waals surface area contributed by atoms with Crippen molar-refractivity contribution in [1.29, 1.82) is 0 Å². The number of hydrogen-bond donors (Lipinski definition) is 2. The number of likely N-dealkylation sites (tertiary alicyclic amines) is 1. The van der Waals surface area contributed by atoms with Gasteiger partial charge in [-0.05, 0) is 29.9 Å². The lowest BCUT2D eigenvalue weighted by Gasteiger charge is -2.38. The Morgan fingerprint density at radius 2 is 1.96 bits per heavy atom. The van der Waals surface area contributed by atoms with Gasteiger partial charge in [-0.2, -0.15) is 0 Å². The summed E-state index contributed by atoms with van der Waals surface area (Å²) in [6.07, 6.45) is 1.91. The maximum Gasteiger partial charge on any atom is 0.256 e. The lowest BCUT2D eigenvalue weighted by atomic mass is 9.91. The topological polar surface area (TPSA) is 91.5 Å². The first-order valence-corrected chi connectivity index (χ1v) is 10.0. The van der Waals surface area contributed by atoms with Crippen LogP contribution in [0.15, 0.2) is 28.7 Å². The highest BCUT2D eigenvalue weighted by atomic mass is 16.4. The van der Waals surface area contributed by atoms with E-state index in [-0.39, 0.29) is 12.5 Å². The molecular weight excluding hydrogens is 356 g/mol. The maximum atomic E-state index is 12.9. The quantitative estimate of drug-likeness (QED) is 0.724. The molecule has 0 saturated carbocycles. The molecule has 152 valence electrons. The van der Waals surface area contributed by atoms with E-state index >= 15 is 0 Å². The van der Waals surface area contributed by atoms with Crippen molar-refractivity contribution in [2.75, 3.05) is 13.1 Å². The van der Waals surface area contributed by atoms with Gasteiger partial charge in [0.25, 0.3) is 5.91 Å². The monoisotopic (exact) mass is 386 g/mol. The molecule has 1 aliphatic rings. The molecule has 1 saturated heterocycles. The van der Waals surface area contributed by atoms with Gasteiger partial charge in [-0.25, -0.2) is 0 Å². The van der Waals surface area contributed by atoms with E-state index in [1.165, 1.54) is 5.56 Å². The van der Waals surface area contributed by atoms with Crippen LogP contribution in [0.1, 0.15) is 62.4 Å². The molecule has 1 aromatic heterocycles. The second kappa shape index (κ2) is 8.84. The minimum Gasteiger partial charge on any atom is -0.424 e. The predicted octanol–water partition coefficient (Wildman–Crippen LogP) is 2.40. The largest absolute Gasteiger partial charge is 0.424 e. The summed E-state index contributed by atoms with van der Waals surface area (Å²) in [7, 11) is 0. The number of rotatable bonds is 8. The standard InChI is InChI=1S/C21H30N4O3/c1-4-18-23-24-19(28-18)12-22-14-21(27)10-5-11-25(20(21)26)13-16-6-8-17(9-7-16)15(2)3/h6-9,15,22,27H,4-5,10-14H2,1-3H3. The fourth-order valence-corrected chi connectivity index (χ4v) is 3.49. The summed E-state index contributed by atoms with van der Waals surface area (Å²) in [6.45, 7) is 7.94. The summed E-state index contributed by atoms with van der Waals surface area (Å²) in [5.41, 5.74) is 0.957. The van der Waals surface area contributed by atoms with Gasteiger partial charge in [0.05, 0.1) is 6.54 Å². The number of benzene rings is 1. The van der Waals surface area contributed by atoms with Crippen LogP contribution in [0.2, 0.25) is 0 Å². The van der Waals surface area contributed by atoms with E-state index in [4.69, 9.17) is 4.42 Å². The van der Waals surface area contributed by atoms with Crippen LogP contribution < -0.4 is 5.32 Å². The Kier molecular flexibility index (Phi) is 6.46. The summed E-state index contributed by atoms with van der Waals surface area (Å²) in [4.78, 5) is 14.7. The van der Waals surface area contributed by atoms with Crippen LogP contribution in [-0.2, 0) is 24.3 Å². The van der Waals surface area contributed by atoms with E-state index in [0.717, 1.165) is 12.0 Å². The van der Waals surface area contributed by atoms with E-state index in [1.807, 2.05) is 6.92 Å². The number of nitrogens with zero attached hydrogens (tertiary/aromatic N) is 3. The second-order valence-electron chi connectivity index (χ2n) is 7.80. The average Bonchev–Trinajstić information content (AvgIpc) is 3.14. The summed E-state index contributed by atoms with van der Waals surface area (Å²) in [6, 6.07) is 8.35. The fraction of sp³-hybridized carbons (Fsp3) is 0.571. The molecule has 1 fully saturated rings. The van der Waals surface area contributed by atoms with E-state index in [2.05, 4.69) is 53.6 Å². The molecule has 0 bridgehead atoms. The van der Waals surface area contributed by atoms with Gasteiger partial charge in [0.15, 0.2) is 5.60 Å². The molecule has 1 atom stereocenters. The van der Waals surface area contributed by atoms with Gasteiger partial charge in [0.1, 0.15) is 0 Å². The Bertz CT molecular complexity index is 787. The van der Waals surface area contributed by atoms with E-state index in [0.29, 0.717) is 50.2 Å². The molecule has 2 N–H and O–H groups in total. The van der Waals surface area contributed by atoms with Crippen LogP contribution in [0.3, 0.4) is 0 Å². The number of carbonyl (C=O) groups is 1. The molecule has 1 aliphatic heterocycles. The molecule has 1 unspecified atom stereocenters. The third-order valence-electron chi connectivity index (χ3n) is 5.23. The van der Waals surface area contributed by atoms with Gasteiger partial charge in [-0.1, -0.05) is 45.0 Å². The predicted molar refractivity (Wildman–Crippen MR) is 106 cm³/mol. The lowest BCUT2D eigenvalue weighted by molar-refractivity contribution is -0.157. The highest BCUT2D eigenvalue weighted by molar-refractivity contribution is 5.86. The molecular formula is C21H30N4O3. The third kappa shape index (κ3) is 4.77. The number of hydrogen-bond acceptors (Lipinski definition) is 6. The van der Waals surface area contributed by atoms with Crippen molar-refractivity contribution >= 4 is 5.91 Å². The van der Waals surface area contributed by atoms with Crippen LogP contribution in [0.4, 0.5) is 0 Å². The molecule has 1 amide bonds. The summed E-state index contributed by atoms with van der Waals surface area (Å²) in [5.74, 6) is 1.30. The highest BCUT2D eigenvalue weighted by Gasteiger charge is 2.41. The lowest BCUT2D eigenvalue weighted by Crippen LogP contribution is -2.57. The van der Waals surface area contributed by atoms with Gasteiger partial charge in [0, 0.05) is 26.1 Å². The van der Waals surface area contributed by atoms with Gasteiger partial charge in [-0.15, -0.1) is 10.2 Å². The molecule has 0 radical (unpaired) electrons. The summed E-state index contributed by atoms with van der Waals surface area (Å²) < 4.78 is 5.45. The molecule has 3 rings (SSSR count). The third-order valence-corrected chi connectivity index (χ3v) is 5.23. The number of aryl methyl sites for hydroxylation is 1. The van der Waals surface area contributed by atoms with E-state index < -0.39 is 5.60 Å². The zero-order valence-electron chi connectivity index (χ0n) is 16.9. The average molecular weight is 386 g/mol. The zero-order valence-corrected chi connectivity index (χ0v) is 16.9. The highest BCUT2D eigenvalue weighted by Crippen LogP contribution is 2.24. The minimum absolute atomic E-state index is 0.165. The Balaban J connectivity index is 1.57. The minimum atomic E-state index is -1.40. The van der Waals surface area contributed by atoms with Crippen molar-refractivity contribution in [2.24, 2.45) is 0 Å². The zero-order chi connectivity index (χ0) is 20.1. The van der Waals surface area contributed by atoms with Crippen molar-refractivity contribution < 1.29 is 14.3 Å². The van der Waals surface area contributed by atoms with Crippen LogP contribution in [-0.4, -0.2) is 44.8 Å². The maximum absolute atomic E-state index is 12.9. The SMILES string of the molecule is CCc1nnc(CNCC2(O)CCCN(Cc3ccc(C(C)C)cc3)C2=O)o1. The van der Waals surface area contributed by atoms with Crippen LogP contribution in [0.5, 0.6) is 0 Å². The molecule has 7 heteroatoms. The number of carbonyl (C=O) groups excluding carboxylic acids is 1. The van der Waals surface area contributed by atoms with Crippen LogP contribution >= 0.6 is 0 Å². The number of aromatic nitrogens is 2. The van der Waals surface area contributed by atoms with E-state index in [9.17, 15) is 9.90 Å². The van der Waals surface area contributed by atoms with Crippen LogP contribution in [0.25, 0.3) is 0 Å². The summed E-state index contributed by atoms with van der Waals surface area (Å²) in [5, 5.41) is 21.9. The number of aliphatic hydroxyl groups is 1. The molecule has 0 spiro atoms. The molecule has 0 aliphatic carbocycles. The van der Waals surface area contributed by atoms with Gasteiger partial charge < -0.3 is 19.7 Å². The van der Waals surface area contributed by atoms with Gasteiger partial charge in [-0.3, -0.25) is 4.79 Å². The molecule has 1 aromatic carbocycles. The van der Waals surface area contributed by atoms with Crippen molar-refractivity contribution in [3.8, 4) is 0 Å². The molecule has 2 heterocycles. The van der Waals surface area contributed by atoms with Crippen molar-refractivity contribution in [3.05, 3.63) is 47.2 Å². The van der Waals surface area contributed by atoms with Gasteiger partial charge >= 0.3 is 0 Å². The first kappa shape index (κ1) is 20.5. The normalized spacial score (nSPS) is 20.2. The Hall–Kier alpha value is -2.25. The second-order valence-corrected chi connectivity index (χ2v) is 7.80.